The number of fused-ring (bicyclic) bond motifs is 4. The van der Waals surface area contributed by atoms with Crippen molar-refractivity contribution in [3.05, 3.63) is 121 Å². The Labute approximate surface area is 281 Å². The topological polar surface area (TPSA) is 70.8 Å². The number of aromatic amines is 2. The molecular formula is C40H42N6O2. The van der Waals surface area contributed by atoms with Crippen LogP contribution in [0.25, 0.3) is 21.8 Å². The quantitative estimate of drug-likeness (QED) is 0.184. The average molecular weight is 639 g/mol. The molecule has 2 aliphatic heterocycles. The Morgan fingerprint density at radius 1 is 0.708 bits per heavy atom. The van der Waals surface area contributed by atoms with Gasteiger partial charge in [-0.15, -0.1) is 0 Å². The number of carbonyl (C=O) groups is 1. The van der Waals surface area contributed by atoms with Crippen molar-refractivity contribution in [3.8, 4) is 0 Å². The summed E-state index contributed by atoms with van der Waals surface area (Å²) in [7, 11) is 2.06. The molecule has 0 saturated carbocycles. The Balaban J connectivity index is 1.16. The molecule has 0 spiro atoms. The first-order valence-corrected chi connectivity index (χ1v) is 16.9. The number of carbonyl (C=O) groups excluding carboxylic acids is 1. The van der Waals surface area contributed by atoms with E-state index >= 15 is 0 Å². The SMILES string of the molecule is CN(C1CCN(c2ccc3[nH]ccc3c2)c2ccccc21)N(C(=O)OC(C)(C)C)C1CCN(c2ccc3[nH]ccc3c2)c2ccccc21. The molecule has 0 bridgehead atoms. The minimum absolute atomic E-state index is 0.0258. The Morgan fingerprint density at radius 2 is 1.21 bits per heavy atom. The number of amides is 1. The molecule has 4 aromatic carbocycles. The number of hydrogen-bond acceptors (Lipinski definition) is 5. The van der Waals surface area contributed by atoms with E-state index in [9.17, 15) is 4.79 Å². The maximum atomic E-state index is 14.3. The third-order valence-electron chi connectivity index (χ3n) is 9.79. The first kappa shape index (κ1) is 30.1. The van der Waals surface area contributed by atoms with Gasteiger partial charge < -0.3 is 24.5 Å². The Kier molecular flexibility index (Phi) is 7.41. The van der Waals surface area contributed by atoms with Crippen molar-refractivity contribution in [2.75, 3.05) is 29.9 Å². The van der Waals surface area contributed by atoms with Gasteiger partial charge in [0.15, 0.2) is 0 Å². The summed E-state index contributed by atoms with van der Waals surface area (Å²) >= 11 is 0. The van der Waals surface area contributed by atoms with Crippen molar-refractivity contribution in [1.82, 2.24) is 20.0 Å². The van der Waals surface area contributed by atoms with Crippen LogP contribution in [-0.2, 0) is 4.74 Å². The van der Waals surface area contributed by atoms with Crippen molar-refractivity contribution < 1.29 is 9.53 Å². The Bertz CT molecular complexity index is 2110. The number of hydrogen-bond donors (Lipinski definition) is 2. The number of H-pyrrole nitrogens is 2. The van der Waals surface area contributed by atoms with E-state index in [1.165, 1.54) is 22.0 Å². The molecule has 2 aromatic heterocycles. The van der Waals surface area contributed by atoms with Gasteiger partial charge in [-0.1, -0.05) is 36.4 Å². The molecule has 0 aliphatic carbocycles. The van der Waals surface area contributed by atoms with Crippen LogP contribution in [0.3, 0.4) is 0 Å². The zero-order valence-electron chi connectivity index (χ0n) is 28.0. The van der Waals surface area contributed by atoms with Gasteiger partial charge in [-0.25, -0.2) is 14.8 Å². The van der Waals surface area contributed by atoms with E-state index in [2.05, 4.69) is 129 Å². The summed E-state index contributed by atoms with van der Waals surface area (Å²) in [6.07, 6.45) is 5.23. The number of rotatable bonds is 5. The largest absolute Gasteiger partial charge is 0.443 e. The van der Waals surface area contributed by atoms with Gasteiger partial charge in [0.25, 0.3) is 0 Å². The molecule has 244 valence electrons. The number of aromatic nitrogens is 2. The molecule has 0 saturated heterocycles. The maximum Gasteiger partial charge on any atom is 0.425 e. The lowest BCUT2D eigenvalue weighted by Crippen LogP contribution is -2.52. The van der Waals surface area contributed by atoms with Gasteiger partial charge in [-0.2, -0.15) is 0 Å². The molecule has 2 unspecified atom stereocenters. The van der Waals surface area contributed by atoms with Crippen LogP contribution in [0.2, 0.25) is 0 Å². The molecule has 8 rings (SSSR count). The van der Waals surface area contributed by atoms with Crippen molar-refractivity contribution in [1.29, 1.82) is 0 Å². The molecule has 4 heterocycles. The van der Waals surface area contributed by atoms with Gasteiger partial charge in [0.1, 0.15) is 5.60 Å². The van der Waals surface area contributed by atoms with Crippen molar-refractivity contribution in [2.24, 2.45) is 0 Å². The second kappa shape index (κ2) is 11.8. The van der Waals surface area contributed by atoms with Crippen molar-refractivity contribution in [3.63, 3.8) is 0 Å². The number of para-hydroxylation sites is 2. The van der Waals surface area contributed by atoms with Crippen LogP contribution >= 0.6 is 0 Å². The van der Waals surface area contributed by atoms with Gasteiger partial charge in [0, 0.05) is 82.6 Å². The number of nitrogens with zero attached hydrogens (tertiary/aromatic N) is 4. The first-order valence-electron chi connectivity index (χ1n) is 16.9. The van der Waals surface area contributed by atoms with Crippen LogP contribution in [-0.4, -0.2) is 51.8 Å². The van der Waals surface area contributed by atoms with E-state index < -0.39 is 5.60 Å². The highest BCUT2D eigenvalue weighted by atomic mass is 16.6. The van der Waals surface area contributed by atoms with E-state index in [1.54, 1.807) is 0 Å². The van der Waals surface area contributed by atoms with E-state index in [0.717, 1.165) is 59.6 Å². The second-order valence-corrected chi connectivity index (χ2v) is 13.9. The first-order chi connectivity index (χ1) is 23.2. The number of nitrogens with one attached hydrogen (secondary N) is 2. The molecule has 2 N–H and O–H groups in total. The monoisotopic (exact) mass is 638 g/mol. The fourth-order valence-electron chi connectivity index (χ4n) is 7.62. The zero-order valence-corrected chi connectivity index (χ0v) is 28.0. The van der Waals surface area contributed by atoms with Gasteiger partial charge in [-0.05, 0) is 99.8 Å². The lowest BCUT2D eigenvalue weighted by Gasteiger charge is -2.48. The van der Waals surface area contributed by atoms with Gasteiger partial charge >= 0.3 is 6.09 Å². The molecule has 8 nitrogen and oxygen atoms in total. The fourth-order valence-corrected chi connectivity index (χ4v) is 7.62. The molecule has 0 radical (unpaired) electrons. The third kappa shape index (κ3) is 5.36. The van der Waals surface area contributed by atoms with Crippen LogP contribution < -0.4 is 9.80 Å². The third-order valence-corrected chi connectivity index (χ3v) is 9.79. The van der Waals surface area contributed by atoms with Crippen LogP contribution in [0.1, 0.15) is 56.8 Å². The summed E-state index contributed by atoms with van der Waals surface area (Å²) in [5.74, 6) is 0. The molecule has 2 aliphatic rings. The summed E-state index contributed by atoms with van der Waals surface area (Å²) < 4.78 is 6.16. The number of ether oxygens (including phenoxy) is 1. The smallest absolute Gasteiger partial charge is 0.425 e. The molecular weight excluding hydrogens is 596 g/mol. The number of anilines is 4. The van der Waals surface area contributed by atoms with E-state index in [-0.39, 0.29) is 18.2 Å². The predicted molar refractivity (Wildman–Crippen MR) is 194 cm³/mol. The van der Waals surface area contributed by atoms with E-state index in [4.69, 9.17) is 4.74 Å². The zero-order chi connectivity index (χ0) is 33.0. The summed E-state index contributed by atoms with van der Waals surface area (Å²) in [6.45, 7) is 7.39. The number of benzene rings is 4. The van der Waals surface area contributed by atoms with Crippen LogP contribution in [0, 0.1) is 0 Å². The minimum atomic E-state index is -0.638. The summed E-state index contributed by atoms with van der Waals surface area (Å²) in [5.41, 5.74) is 8.50. The molecule has 48 heavy (non-hydrogen) atoms. The lowest BCUT2D eigenvalue weighted by molar-refractivity contribution is -0.0853. The van der Waals surface area contributed by atoms with Crippen molar-refractivity contribution in [2.45, 2.75) is 51.3 Å². The predicted octanol–water partition coefficient (Wildman–Crippen LogP) is 9.60. The normalized spacial score (nSPS) is 17.9. The maximum absolute atomic E-state index is 14.3. The fraction of sp³-hybridized carbons (Fsp3) is 0.275. The average Bonchev–Trinajstić information content (AvgIpc) is 3.76. The molecule has 1 amide bonds. The lowest BCUT2D eigenvalue weighted by atomic mass is 9.93. The summed E-state index contributed by atoms with van der Waals surface area (Å²) in [5, 5.41) is 6.43. The van der Waals surface area contributed by atoms with Crippen LogP contribution in [0.15, 0.2) is 109 Å². The minimum Gasteiger partial charge on any atom is -0.443 e. The standard InChI is InChI=1S/C40H42N6O2/c1-40(2,3)48-39(47)46(38-20-24-45(37-12-8-6-10-32(37)38)30-14-16-34-28(26-30)18-22-42-34)43(4)35-19-23-44(36-11-7-5-9-31(35)36)29-13-15-33-27(25-29)17-21-41-33/h5-18,21-22,25-26,35,38,41-42H,19-20,23-24H2,1-4H3. The number of hydrazine groups is 1. The van der Waals surface area contributed by atoms with Gasteiger partial charge in [0.2, 0.25) is 0 Å². The molecule has 8 heteroatoms. The molecule has 2 atom stereocenters. The molecule has 0 fully saturated rings. The van der Waals surface area contributed by atoms with Gasteiger partial charge in [0.05, 0.1) is 12.1 Å². The van der Waals surface area contributed by atoms with Crippen LogP contribution in [0.5, 0.6) is 0 Å². The van der Waals surface area contributed by atoms with E-state index in [0.29, 0.717) is 0 Å². The highest BCUT2D eigenvalue weighted by Gasteiger charge is 2.41. The highest BCUT2D eigenvalue weighted by molar-refractivity contribution is 5.86. The second-order valence-electron chi connectivity index (χ2n) is 13.9. The molecule has 6 aromatic rings. The van der Waals surface area contributed by atoms with Crippen LogP contribution in [0.4, 0.5) is 27.5 Å². The van der Waals surface area contributed by atoms with Gasteiger partial charge in [-0.3, -0.25) is 0 Å². The summed E-state index contributed by atoms with van der Waals surface area (Å²) in [6, 6.07) is 34.2. The summed E-state index contributed by atoms with van der Waals surface area (Å²) in [4.78, 5) is 25.7. The van der Waals surface area contributed by atoms with Crippen molar-refractivity contribution >= 4 is 50.6 Å². The highest BCUT2D eigenvalue weighted by Crippen LogP contribution is 2.46. The Hall–Kier alpha value is -5.21. The Morgan fingerprint density at radius 3 is 1.75 bits per heavy atom. The van der Waals surface area contributed by atoms with E-state index in [1.807, 2.05) is 38.2 Å².